The van der Waals surface area contributed by atoms with Gasteiger partial charge in [-0.05, 0) is 53.4 Å². The number of hydrogen-bond donors (Lipinski definition) is 0. The van der Waals surface area contributed by atoms with Gasteiger partial charge in [-0.3, -0.25) is 4.79 Å². The Labute approximate surface area is 140 Å². The van der Waals surface area contributed by atoms with Gasteiger partial charge in [0.2, 0.25) is 0 Å². The van der Waals surface area contributed by atoms with Crippen molar-refractivity contribution in [1.29, 1.82) is 0 Å². The fourth-order valence-corrected chi connectivity index (χ4v) is 5.16. The molecule has 0 spiro atoms. The molecule has 0 N–H and O–H groups in total. The van der Waals surface area contributed by atoms with Crippen LogP contribution in [0.3, 0.4) is 0 Å². The van der Waals surface area contributed by atoms with E-state index in [1.165, 1.54) is 4.31 Å². The van der Waals surface area contributed by atoms with Crippen molar-refractivity contribution in [3.05, 3.63) is 0 Å². The van der Waals surface area contributed by atoms with E-state index in [9.17, 15) is 13.2 Å². The van der Waals surface area contributed by atoms with E-state index in [0.29, 0.717) is 32.5 Å². The maximum atomic E-state index is 12.8. The van der Waals surface area contributed by atoms with Crippen molar-refractivity contribution in [3.8, 4) is 0 Å². The molecule has 7 heteroatoms. The Morgan fingerprint density at radius 2 is 1.65 bits per heavy atom. The van der Waals surface area contributed by atoms with Crippen molar-refractivity contribution < 1.29 is 17.9 Å². The maximum absolute atomic E-state index is 12.8. The smallest absolute Gasteiger partial charge is 0.309 e. The summed E-state index contributed by atoms with van der Waals surface area (Å²) in [6.45, 7) is 8.93. The summed E-state index contributed by atoms with van der Waals surface area (Å²) < 4.78 is 34.2. The second-order valence-corrected chi connectivity index (χ2v) is 9.55. The lowest BCUT2D eigenvalue weighted by Gasteiger charge is -2.38. The van der Waals surface area contributed by atoms with E-state index in [4.69, 9.17) is 4.74 Å². The van der Waals surface area contributed by atoms with Gasteiger partial charge in [0, 0.05) is 25.7 Å². The average molecular weight is 346 g/mol. The first-order valence-electron chi connectivity index (χ1n) is 8.61. The Kier molecular flexibility index (Phi) is 5.74. The molecule has 2 rings (SSSR count). The first-order valence-corrected chi connectivity index (χ1v) is 10.0. The Morgan fingerprint density at radius 3 is 2.17 bits per heavy atom. The van der Waals surface area contributed by atoms with Crippen molar-refractivity contribution in [2.45, 2.75) is 71.4 Å². The third kappa shape index (κ3) is 4.67. The van der Waals surface area contributed by atoms with Gasteiger partial charge in [-0.2, -0.15) is 17.0 Å². The number of piperidine rings is 2. The number of nitrogens with zero attached hydrogens (tertiary/aromatic N) is 2. The summed E-state index contributed by atoms with van der Waals surface area (Å²) in [6.07, 6.45) is 4.02. The van der Waals surface area contributed by atoms with Gasteiger partial charge in [-0.15, -0.1) is 0 Å². The molecule has 2 fully saturated rings. The van der Waals surface area contributed by atoms with Crippen LogP contribution in [0.2, 0.25) is 0 Å². The highest BCUT2D eigenvalue weighted by Crippen LogP contribution is 2.27. The van der Waals surface area contributed by atoms with Gasteiger partial charge in [0.25, 0.3) is 10.2 Å². The van der Waals surface area contributed by atoms with Gasteiger partial charge in [0.1, 0.15) is 5.60 Å². The fourth-order valence-electron chi connectivity index (χ4n) is 3.27. The molecule has 23 heavy (non-hydrogen) atoms. The minimum Gasteiger partial charge on any atom is -0.460 e. The zero-order valence-corrected chi connectivity index (χ0v) is 15.6. The normalized spacial score (nSPS) is 26.2. The number of esters is 1. The van der Waals surface area contributed by atoms with E-state index in [-0.39, 0.29) is 17.9 Å². The molecule has 2 heterocycles. The quantitative estimate of drug-likeness (QED) is 0.735. The second-order valence-electron chi connectivity index (χ2n) is 7.67. The molecule has 2 aliphatic rings. The summed E-state index contributed by atoms with van der Waals surface area (Å²) in [5.41, 5.74) is -0.497. The second kappa shape index (κ2) is 7.07. The van der Waals surface area contributed by atoms with E-state index in [1.807, 2.05) is 27.7 Å². The number of carbonyl (C=O) groups is 1. The summed E-state index contributed by atoms with van der Waals surface area (Å²) in [5.74, 6) is -0.402. The summed E-state index contributed by atoms with van der Waals surface area (Å²) >= 11 is 0. The zero-order chi connectivity index (χ0) is 17.3. The predicted molar refractivity (Wildman–Crippen MR) is 89.1 cm³/mol. The third-order valence-electron chi connectivity index (χ3n) is 4.56. The maximum Gasteiger partial charge on any atom is 0.309 e. The van der Waals surface area contributed by atoms with Crippen LogP contribution in [-0.4, -0.2) is 54.3 Å². The Balaban J connectivity index is 1.94. The van der Waals surface area contributed by atoms with E-state index >= 15 is 0 Å². The van der Waals surface area contributed by atoms with Gasteiger partial charge in [0.05, 0.1) is 5.92 Å². The van der Waals surface area contributed by atoms with Gasteiger partial charge in [-0.25, -0.2) is 0 Å². The van der Waals surface area contributed by atoms with Crippen molar-refractivity contribution in [2.24, 2.45) is 5.92 Å². The van der Waals surface area contributed by atoms with E-state index in [0.717, 1.165) is 19.3 Å². The molecule has 2 aliphatic heterocycles. The molecule has 0 radical (unpaired) electrons. The minimum atomic E-state index is -3.40. The standard InChI is InChI=1S/C16H30N2O4S/c1-13-7-5-6-10-18(13)23(20,21)17-11-8-14(9-12-17)15(19)22-16(2,3)4/h13-14H,5-12H2,1-4H3. The van der Waals surface area contributed by atoms with Crippen LogP contribution in [0.4, 0.5) is 0 Å². The van der Waals surface area contributed by atoms with E-state index in [1.54, 1.807) is 4.31 Å². The lowest BCUT2D eigenvalue weighted by Crippen LogP contribution is -2.52. The van der Waals surface area contributed by atoms with Gasteiger partial charge >= 0.3 is 5.97 Å². The summed E-state index contributed by atoms with van der Waals surface area (Å²) in [6, 6.07) is 0.0670. The topological polar surface area (TPSA) is 66.9 Å². The van der Waals surface area contributed by atoms with E-state index in [2.05, 4.69) is 0 Å². The van der Waals surface area contributed by atoms with Crippen molar-refractivity contribution in [2.75, 3.05) is 19.6 Å². The molecule has 0 amide bonds. The summed E-state index contributed by atoms with van der Waals surface area (Å²) in [4.78, 5) is 12.1. The first-order chi connectivity index (χ1) is 10.6. The molecule has 2 saturated heterocycles. The zero-order valence-electron chi connectivity index (χ0n) is 14.7. The van der Waals surface area contributed by atoms with Gasteiger partial charge in [-0.1, -0.05) is 6.42 Å². The molecule has 0 saturated carbocycles. The lowest BCUT2D eigenvalue weighted by molar-refractivity contribution is -0.161. The summed E-state index contributed by atoms with van der Waals surface area (Å²) in [7, 11) is -3.40. The molecule has 134 valence electrons. The van der Waals surface area contributed by atoms with E-state index < -0.39 is 15.8 Å². The summed E-state index contributed by atoms with van der Waals surface area (Å²) in [5, 5.41) is 0. The van der Waals surface area contributed by atoms with Crippen LogP contribution in [0, 0.1) is 5.92 Å². The SMILES string of the molecule is CC1CCCCN1S(=O)(=O)N1CCC(C(=O)OC(C)(C)C)CC1. The van der Waals surface area contributed by atoms with Crippen LogP contribution >= 0.6 is 0 Å². The van der Waals surface area contributed by atoms with Crippen molar-refractivity contribution in [3.63, 3.8) is 0 Å². The van der Waals surface area contributed by atoms with Crippen LogP contribution in [0.25, 0.3) is 0 Å². The van der Waals surface area contributed by atoms with Crippen molar-refractivity contribution >= 4 is 16.2 Å². The molecule has 1 unspecified atom stereocenters. The van der Waals surface area contributed by atoms with Crippen LogP contribution in [0.15, 0.2) is 0 Å². The molecule has 0 aromatic carbocycles. The van der Waals surface area contributed by atoms with Gasteiger partial charge in [0.15, 0.2) is 0 Å². The molecule has 0 aliphatic carbocycles. The third-order valence-corrected chi connectivity index (χ3v) is 6.71. The average Bonchev–Trinajstić information content (AvgIpc) is 2.46. The highest BCUT2D eigenvalue weighted by molar-refractivity contribution is 7.86. The minimum absolute atomic E-state index is 0.0670. The monoisotopic (exact) mass is 346 g/mol. The Bertz CT molecular complexity index is 519. The van der Waals surface area contributed by atoms with Crippen LogP contribution in [0.5, 0.6) is 0 Å². The number of rotatable bonds is 3. The van der Waals surface area contributed by atoms with Crippen LogP contribution < -0.4 is 0 Å². The predicted octanol–water partition coefficient (Wildman–Crippen LogP) is 2.16. The molecule has 0 aromatic heterocycles. The number of carbonyl (C=O) groups excluding carboxylic acids is 1. The molecule has 1 atom stereocenters. The molecular formula is C16H30N2O4S. The number of hydrogen-bond acceptors (Lipinski definition) is 4. The Morgan fingerprint density at radius 1 is 1.04 bits per heavy atom. The fraction of sp³-hybridized carbons (Fsp3) is 0.938. The molecular weight excluding hydrogens is 316 g/mol. The van der Waals surface area contributed by atoms with Crippen molar-refractivity contribution in [1.82, 2.24) is 8.61 Å². The number of ether oxygens (including phenoxy) is 1. The van der Waals surface area contributed by atoms with Gasteiger partial charge < -0.3 is 4.74 Å². The Hall–Kier alpha value is -0.660. The largest absolute Gasteiger partial charge is 0.460 e. The molecule has 6 nitrogen and oxygen atoms in total. The highest BCUT2D eigenvalue weighted by Gasteiger charge is 2.38. The van der Waals surface area contributed by atoms with Crippen LogP contribution in [0.1, 0.15) is 59.8 Å². The molecule has 0 bridgehead atoms. The lowest BCUT2D eigenvalue weighted by atomic mass is 9.98. The molecule has 0 aromatic rings. The first kappa shape index (κ1) is 18.7. The highest BCUT2D eigenvalue weighted by atomic mass is 32.2. The van der Waals surface area contributed by atoms with Crippen LogP contribution in [-0.2, 0) is 19.7 Å².